The number of aromatic nitrogens is 3. The predicted molar refractivity (Wildman–Crippen MR) is 134 cm³/mol. The lowest BCUT2D eigenvalue weighted by atomic mass is 10.2. The van der Waals surface area contributed by atoms with Gasteiger partial charge in [-0.25, -0.2) is 0 Å². The van der Waals surface area contributed by atoms with Crippen LogP contribution in [-0.2, 0) is 22.8 Å². The standard InChI is InChI=1S/C23H25ClN4O2S2/c1-3-13-28-21(15-31-14-17-5-7-18(24)8-6-17)26-27-23(28)32-16-22(29)25-19-9-11-20(12-10-19)30-4-2/h3,5-12H,1,4,13-16H2,2H3,(H,25,29). The largest absolute Gasteiger partial charge is 0.494 e. The number of carbonyl (C=O) groups excluding carboxylic acids is 1. The van der Waals surface area contributed by atoms with Crippen LogP contribution in [0.15, 0.2) is 66.3 Å². The lowest BCUT2D eigenvalue weighted by Gasteiger charge is -2.09. The number of benzene rings is 2. The van der Waals surface area contributed by atoms with Crippen molar-refractivity contribution in [2.75, 3.05) is 17.7 Å². The Hall–Kier alpha value is -2.42. The van der Waals surface area contributed by atoms with Gasteiger partial charge < -0.3 is 14.6 Å². The molecule has 9 heteroatoms. The fraction of sp³-hybridized carbons (Fsp3) is 0.261. The topological polar surface area (TPSA) is 69.0 Å². The van der Waals surface area contributed by atoms with E-state index < -0.39 is 0 Å². The molecule has 0 aliphatic rings. The zero-order chi connectivity index (χ0) is 22.8. The second kappa shape index (κ2) is 12.6. The monoisotopic (exact) mass is 488 g/mol. The summed E-state index contributed by atoms with van der Waals surface area (Å²) in [5.41, 5.74) is 1.93. The minimum absolute atomic E-state index is 0.106. The number of halogens is 1. The molecule has 6 nitrogen and oxygen atoms in total. The van der Waals surface area contributed by atoms with E-state index in [0.29, 0.717) is 24.1 Å². The van der Waals surface area contributed by atoms with Crippen molar-refractivity contribution in [3.8, 4) is 5.75 Å². The molecule has 0 aliphatic heterocycles. The molecule has 0 atom stereocenters. The lowest BCUT2D eigenvalue weighted by Crippen LogP contribution is -2.14. The van der Waals surface area contributed by atoms with Crippen molar-refractivity contribution >= 4 is 46.7 Å². The highest BCUT2D eigenvalue weighted by atomic mass is 35.5. The molecule has 0 saturated carbocycles. The van der Waals surface area contributed by atoms with Gasteiger partial charge in [-0.05, 0) is 48.9 Å². The summed E-state index contributed by atoms with van der Waals surface area (Å²) in [7, 11) is 0. The first kappa shape index (κ1) is 24.2. The molecular formula is C23H25ClN4O2S2. The number of anilines is 1. The molecule has 1 aromatic heterocycles. The summed E-state index contributed by atoms with van der Waals surface area (Å²) >= 11 is 9.05. The van der Waals surface area contributed by atoms with Crippen LogP contribution < -0.4 is 10.1 Å². The van der Waals surface area contributed by atoms with Crippen LogP contribution in [-0.4, -0.2) is 33.0 Å². The minimum atomic E-state index is -0.106. The molecule has 1 N–H and O–H groups in total. The van der Waals surface area contributed by atoms with Crippen molar-refractivity contribution in [3.05, 3.63) is 77.6 Å². The van der Waals surface area contributed by atoms with Gasteiger partial charge in [0, 0.05) is 23.0 Å². The maximum absolute atomic E-state index is 12.4. The Morgan fingerprint density at radius 3 is 2.59 bits per heavy atom. The molecule has 0 aliphatic carbocycles. The summed E-state index contributed by atoms with van der Waals surface area (Å²) in [5, 5.41) is 12.9. The summed E-state index contributed by atoms with van der Waals surface area (Å²) in [6.07, 6.45) is 1.81. The summed E-state index contributed by atoms with van der Waals surface area (Å²) in [4.78, 5) is 12.4. The van der Waals surface area contributed by atoms with Gasteiger partial charge in [-0.2, -0.15) is 0 Å². The highest BCUT2D eigenvalue weighted by molar-refractivity contribution is 7.99. The van der Waals surface area contributed by atoms with E-state index in [0.717, 1.165) is 28.0 Å². The van der Waals surface area contributed by atoms with E-state index in [4.69, 9.17) is 16.3 Å². The zero-order valence-corrected chi connectivity index (χ0v) is 20.2. The first-order chi connectivity index (χ1) is 15.6. The molecule has 1 heterocycles. The van der Waals surface area contributed by atoms with Crippen molar-refractivity contribution < 1.29 is 9.53 Å². The van der Waals surface area contributed by atoms with E-state index >= 15 is 0 Å². The first-order valence-corrected chi connectivity index (χ1v) is 12.6. The Balaban J connectivity index is 1.52. The molecule has 32 heavy (non-hydrogen) atoms. The highest BCUT2D eigenvalue weighted by Gasteiger charge is 2.14. The smallest absolute Gasteiger partial charge is 0.234 e. The molecule has 3 aromatic rings. The van der Waals surface area contributed by atoms with Gasteiger partial charge in [0.2, 0.25) is 5.91 Å². The summed E-state index contributed by atoms with van der Waals surface area (Å²) in [6.45, 7) is 6.96. The van der Waals surface area contributed by atoms with Gasteiger partial charge in [-0.1, -0.05) is 41.6 Å². The Labute approximate surface area is 201 Å². The Morgan fingerprint density at radius 2 is 1.91 bits per heavy atom. The van der Waals surface area contributed by atoms with E-state index in [9.17, 15) is 4.79 Å². The van der Waals surface area contributed by atoms with Crippen molar-refractivity contribution in [1.29, 1.82) is 0 Å². The molecule has 0 fully saturated rings. The van der Waals surface area contributed by atoms with E-state index in [-0.39, 0.29) is 11.7 Å². The van der Waals surface area contributed by atoms with Crippen LogP contribution in [0.2, 0.25) is 5.02 Å². The van der Waals surface area contributed by atoms with Crippen molar-refractivity contribution in [1.82, 2.24) is 14.8 Å². The molecule has 0 saturated heterocycles. The molecule has 0 bridgehead atoms. The second-order valence-electron chi connectivity index (χ2n) is 6.71. The number of ether oxygens (including phenoxy) is 1. The number of nitrogens with one attached hydrogen (secondary N) is 1. The summed E-state index contributed by atoms with van der Waals surface area (Å²) < 4.78 is 7.41. The van der Waals surface area contributed by atoms with E-state index in [2.05, 4.69) is 22.1 Å². The van der Waals surface area contributed by atoms with E-state index in [1.54, 1.807) is 17.8 Å². The number of thioether (sulfide) groups is 2. The quantitative estimate of drug-likeness (QED) is 0.261. The molecule has 168 valence electrons. The van der Waals surface area contributed by atoms with Crippen LogP contribution >= 0.6 is 35.1 Å². The highest BCUT2D eigenvalue weighted by Crippen LogP contribution is 2.23. The van der Waals surface area contributed by atoms with E-state index in [1.807, 2.05) is 60.0 Å². The lowest BCUT2D eigenvalue weighted by molar-refractivity contribution is -0.113. The van der Waals surface area contributed by atoms with Gasteiger partial charge >= 0.3 is 0 Å². The van der Waals surface area contributed by atoms with Gasteiger partial charge in [0.25, 0.3) is 0 Å². The zero-order valence-electron chi connectivity index (χ0n) is 17.8. The van der Waals surface area contributed by atoms with Crippen LogP contribution in [0.4, 0.5) is 5.69 Å². The third-order valence-electron chi connectivity index (χ3n) is 4.30. The fourth-order valence-electron chi connectivity index (χ4n) is 2.81. The molecule has 0 radical (unpaired) electrons. The third kappa shape index (κ3) is 7.32. The van der Waals surface area contributed by atoms with Crippen molar-refractivity contribution in [3.63, 3.8) is 0 Å². The average Bonchev–Trinajstić information content (AvgIpc) is 3.17. The SMILES string of the molecule is C=CCn1c(CSCc2ccc(Cl)cc2)nnc1SCC(=O)Nc1ccc(OCC)cc1. The van der Waals surface area contributed by atoms with Crippen LogP contribution in [0.5, 0.6) is 5.75 Å². The van der Waals surface area contributed by atoms with Crippen LogP contribution in [0, 0.1) is 0 Å². The normalized spacial score (nSPS) is 10.7. The van der Waals surface area contributed by atoms with Crippen LogP contribution in [0.3, 0.4) is 0 Å². The Kier molecular flexibility index (Phi) is 9.52. The number of carbonyl (C=O) groups is 1. The molecule has 0 unspecified atom stereocenters. The van der Waals surface area contributed by atoms with E-state index in [1.165, 1.54) is 17.3 Å². The number of nitrogens with zero attached hydrogens (tertiary/aromatic N) is 3. The maximum Gasteiger partial charge on any atom is 0.234 e. The number of allylic oxidation sites excluding steroid dienone is 1. The van der Waals surface area contributed by atoms with Crippen molar-refractivity contribution in [2.24, 2.45) is 0 Å². The molecule has 0 spiro atoms. The van der Waals surface area contributed by atoms with Gasteiger partial charge in [0.05, 0.1) is 18.1 Å². The van der Waals surface area contributed by atoms with Gasteiger partial charge in [0.15, 0.2) is 5.16 Å². The number of rotatable bonds is 12. The molecule has 1 amide bonds. The average molecular weight is 489 g/mol. The predicted octanol–water partition coefficient (Wildman–Crippen LogP) is 5.68. The fourth-order valence-corrected chi connectivity index (χ4v) is 4.63. The third-order valence-corrected chi connectivity index (χ3v) is 6.52. The summed E-state index contributed by atoms with van der Waals surface area (Å²) in [6, 6.07) is 15.1. The van der Waals surface area contributed by atoms with Crippen molar-refractivity contribution in [2.45, 2.75) is 30.1 Å². The van der Waals surface area contributed by atoms with Crippen LogP contribution in [0.25, 0.3) is 0 Å². The number of hydrogen-bond acceptors (Lipinski definition) is 6. The number of amides is 1. The second-order valence-corrected chi connectivity index (χ2v) is 9.08. The summed E-state index contributed by atoms with van der Waals surface area (Å²) in [5.74, 6) is 3.33. The molecule has 2 aromatic carbocycles. The van der Waals surface area contributed by atoms with Gasteiger partial charge in [-0.15, -0.1) is 28.5 Å². The first-order valence-electron chi connectivity index (χ1n) is 10.1. The molecular weight excluding hydrogens is 464 g/mol. The van der Waals surface area contributed by atoms with Gasteiger partial charge in [-0.3, -0.25) is 4.79 Å². The number of hydrogen-bond donors (Lipinski definition) is 1. The maximum atomic E-state index is 12.4. The van der Waals surface area contributed by atoms with Gasteiger partial charge in [0.1, 0.15) is 11.6 Å². The van der Waals surface area contributed by atoms with Crippen LogP contribution in [0.1, 0.15) is 18.3 Å². The minimum Gasteiger partial charge on any atom is -0.494 e. The Morgan fingerprint density at radius 1 is 1.16 bits per heavy atom. The molecule has 3 rings (SSSR count). The Bertz CT molecular complexity index is 1020.